The van der Waals surface area contributed by atoms with Gasteiger partial charge < -0.3 is 5.32 Å². The number of nitrogens with zero attached hydrogens (tertiary/aromatic N) is 2. The molecular formula is C10H6BrClFN3O2S. The minimum atomic E-state index is -0.577. The van der Waals surface area contributed by atoms with Crippen LogP contribution < -0.4 is 5.32 Å². The van der Waals surface area contributed by atoms with Gasteiger partial charge in [-0.2, -0.15) is 0 Å². The Balaban J connectivity index is 2.23. The van der Waals surface area contributed by atoms with Crippen LogP contribution in [0.25, 0.3) is 0 Å². The first-order valence-electron chi connectivity index (χ1n) is 4.95. The minimum absolute atomic E-state index is 0.0468. The van der Waals surface area contributed by atoms with Crippen LogP contribution in [0.1, 0.15) is 4.88 Å². The maximum absolute atomic E-state index is 13.4. The summed E-state index contributed by atoms with van der Waals surface area (Å²) >= 11 is 9.84. The predicted octanol–water partition coefficient (Wildman–Crippen LogP) is 4.22. The molecule has 100 valence electrons. The summed E-state index contributed by atoms with van der Waals surface area (Å²) in [7, 11) is 0. The zero-order valence-electron chi connectivity index (χ0n) is 9.19. The van der Waals surface area contributed by atoms with E-state index in [4.69, 9.17) is 11.6 Å². The van der Waals surface area contributed by atoms with E-state index in [0.29, 0.717) is 4.47 Å². The summed E-state index contributed by atoms with van der Waals surface area (Å²) < 4.78 is 13.8. The zero-order chi connectivity index (χ0) is 14.0. The molecule has 0 fully saturated rings. The first kappa shape index (κ1) is 14.2. The van der Waals surface area contributed by atoms with Crippen molar-refractivity contribution in [3.8, 4) is 0 Å². The molecule has 0 aliphatic carbocycles. The maximum atomic E-state index is 13.4. The highest BCUT2D eigenvalue weighted by molar-refractivity contribution is 9.10. The van der Waals surface area contributed by atoms with Gasteiger partial charge in [-0.15, -0.1) is 11.3 Å². The number of hydrogen-bond acceptors (Lipinski definition) is 5. The molecule has 9 heteroatoms. The van der Waals surface area contributed by atoms with Gasteiger partial charge in [0.2, 0.25) is 0 Å². The summed E-state index contributed by atoms with van der Waals surface area (Å²) in [5.41, 5.74) is -0.0980. The van der Waals surface area contributed by atoms with Crippen molar-refractivity contribution in [3.05, 3.63) is 48.1 Å². The Hall–Kier alpha value is -1.25. The van der Waals surface area contributed by atoms with Gasteiger partial charge in [0, 0.05) is 23.2 Å². The number of thiazole rings is 1. The van der Waals surface area contributed by atoms with Crippen LogP contribution in [0.2, 0.25) is 4.47 Å². The third kappa shape index (κ3) is 3.40. The zero-order valence-corrected chi connectivity index (χ0v) is 12.4. The highest BCUT2D eigenvalue weighted by atomic mass is 79.9. The molecule has 1 aromatic heterocycles. The highest BCUT2D eigenvalue weighted by Gasteiger charge is 2.17. The normalized spacial score (nSPS) is 10.5. The monoisotopic (exact) mass is 365 g/mol. The second kappa shape index (κ2) is 5.81. The fourth-order valence-corrected chi connectivity index (χ4v) is 2.63. The fraction of sp³-hybridized carbons (Fsp3) is 0.100. The number of nitro benzene ring substituents is 1. The molecule has 0 unspecified atom stereocenters. The van der Waals surface area contributed by atoms with E-state index in [1.807, 2.05) is 0 Å². The molecule has 0 radical (unpaired) electrons. The molecule has 1 N–H and O–H groups in total. The number of anilines is 1. The number of aromatic nitrogens is 1. The predicted molar refractivity (Wildman–Crippen MR) is 75.2 cm³/mol. The van der Waals surface area contributed by atoms with Crippen molar-refractivity contribution in [3.63, 3.8) is 0 Å². The lowest BCUT2D eigenvalue weighted by molar-refractivity contribution is -0.384. The molecule has 1 aromatic carbocycles. The van der Waals surface area contributed by atoms with Gasteiger partial charge in [-0.05, 0) is 15.9 Å². The van der Waals surface area contributed by atoms with Crippen LogP contribution in [-0.4, -0.2) is 9.91 Å². The molecular weight excluding hydrogens is 361 g/mol. The third-order valence-electron chi connectivity index (χ3n) is 2.21. The van der Waals surface area contributed by atoms with Crippen molar-refractivity contribution in [1.82, 2.24) is 4.98 Å². The summed E-state index contributed by atoms with van der Waals surface area (Å²) in [5, 5.41) is 13.7. The Morgan fingerprint density at radius 2 is 2.32 bits per heavy atom. The molecule has 0 saturated carbocycles. The topological polar surface area (TPSA) is 68.1 Å². The molecule has 1 heterocycles. The van der Waals surface area contributed by atoms with Crippen LogP contribution in [-0.2, 0) is 6.54 Å². The van der Waals surface area contributed by atoms with E-state index in [1.165, 1.54) is 11.3 Å². The Labute approximate surface area is 124 Å². The minimum Gasteiger partial charge on any atom is -0.374 e. The first-order valence-corrected chi connectivity index (χ1v) is 6.93. The van der Waals surface area contributed by atoms with Gasteiger partial charge in [0.25, 0.3) is 5.69 Å². The van der Waals surface area contributed by atoms with E-state index in [9.17, 15) is 14.5 Å². The third-order valence-corrected chi connectivity index (χ3v) is 3.94. The number of hydrogen-bond donors (Lipinski definition) is 1. The lowest BCUT2D eigenvalue weighted by Crippen LogP contribution is -2.02. The highest BCUT2D eigenvalue weighted by Crippen LogP contribution is 2.31. The second-order valence-corrected chi connectivity index (χ2v) is 6.03. The molecule has 5 nitrogen and oxygen atoms in total. The van der Waals surface area contributed by atoms with Gasteiger partial charge >= 0.3 is 0 Å². The molecule has 2 rings (SSSR count). The van der Waals surface area contributed by atoms with E-state index in [0.717, 1.165) is 17.0 Å². The van der Waals surface area contributed by atoms with E-state index >= 15 is 0 Å². The molecule has 0 spiro atoms. The van der Waals surface area contributed by atoms with Gasteiger partial charge in [-0.1, -0.05) is 11.6 Å². The van der Waals surface area contributed by atoms with Crippen LogP contribution in [0.15, 0.2) is 22.8 Å². The van der Waals surface area contributed by atoms with Crippen LogP contribution in [0.4, 0.5) is 15.8 Å². The summed E-state index contributed by atoms with van der Waals surface area (Å²) in [4.78, 5) is 15.0. The molecule has 0 amide bonds. The molecule has 0 atom stereocenters. The summed E-state index contributed by atoms with van der Waals surface area (Å²) in [6, 6.07) is 2.20. The van der Waals surface area contributed by atoms with Gasteiger partial charge in [0.1, 0.15) is 11.5 Å². The maximum Gasteiger partial charge on any atom is 0.293 e. The Morgan fingerprint density at radius 3 is 2.89 bits per heavy atom. The van der Waals surface area contributed by atoms with Gasteiger partial charge in [0.05, 0.1) is 15.9 Å². The smallest absolute Gasteiger partial charge is 0.293 e. The van der Waals surface area contributed by atoms with E-state index < -0.39 is 10.7 Å². The van der Waals surface area contributed by atoms with Crippen molar-refractivity contribution < 1.29 is 9.31 Å². The standard InChI is InChI=1S/C10H6BrClFN3O2S/c11-6-1-9(16(17)18)8(2-7(6)13)14-3-5-4-15-10(12)19-5/h1-2,4,14H,3H2. The van der Waals surface area contributed by atoms with Crippen molar-refractivity contribution in [1.29, 1.82) is 0 Å². The van der Waals surface area contributed by atoms with Crippen LogP contribution in [0, 0.1) is 15.9 Å². The van der Waals surface area contributed by atoms with Crippen molar-refractivity contribution in [2.24, 2.45) is 0 Å². The lowest BCUT2D eigenvalue weighted by Gasteiger charge is -2.06. The average Bonchev–Trinajstić information content (AvgIpc) is 2.76. The van der Waals surface area contributed by atoms with E-state index in [1.54, 1.807) is 6.20 Å². The largest absolute Gasteiger partial charge is 0.374 e. The number of halogens is 3. The SMILES string of the molecule is O=[N+]([O-])c1cc(Br)c(F)cc1NCc1cnc(Cl)s1. The summed E-state index contributed by atoms with van der Waals surface area (Å²) in [6.07, 6.45) is 1.56. The number of nitrogens with one attached hydrogen (secondary N) is 1. The van der Waals surface area contributed by atoms with E-state index in [2.05, 4.69) is 26.2 Å². The second-order valence-electron chi connectivity index (χ2n) is 3.47. The molecule has 0 aliphatic rings. The van der Waals surface area contributed by atoms with Crippen LogP contribution >= 0.6 is 38.9 Å². The molecule has 0 bridgehead atoms. The average molecular weight is 367 g/mol. The van der Waals surface area contributed by atoms with Gasteiger partial charge in [-0.3, -0.25) is 10.1 Å². The quantitative estimate of drug-likeness (QED) is 0.650. The van der Waals surface area contributed by atoms with Gasteiger partial charge in [-0.25, -0.2) is 9.37 Å². The molecule has 19 heavy (non-hydrogen) atoms. The van der Waals surface area contributed by atoms with Crippen molar-refractivity contribution in [2.45, 2.75) is 6.54 Å². The van der Waals surface area contributed by atoms with Crippen LogP contribution in [0.5, 0.6) is 0 Å². The Bertz CT molecular complexity index is 637. The summed E-state index contributed by atoms with van der Waals surface area (Å²) in [5.74, 6) is -0.574. The fourth-order valence-electron chi connectivity index (χ4n) is 1.38. The Kier molecular flexibility index (Phi) is 4.33. The van der Waals surface area contributed by atoms with Crippen molar-refractivity contribution >= 4 is 50.2 Å². The lowest BCUT2D eigenvalue weighted by atomic mass is 10.2. The molecule has 0 saturated heterocycles. The van der Waals surface area contributed by atoms with Gasteiger partial charge in [0.15, 0.2) is 4.47 Å². The number of benzene rings is 1. The Morgan fingerprint density at radius 1 is 1.58 bits per heavy atom. The van der Waals surface area contributed by atoms with E-state index in [-0.39, 0.29) is 22.4 Å². The number of nitro groups is 1. The molecule has 2 aromatic rings. The molecule has 0 aliphatic heterocycles. The number of rotatable bonds is 4. The van der Waals surface area contributed by atoms with Crippen LogP contribution in [0.3, 0.4) is 0 Å². The van der Waals surface area contributed by atoms with Crippen molar-refractivity contribution in [2.75, 3.05) is 5.32 Å². The summed E-state index contributed by atoms with van der Waals surface area (Å²) in [6.45, 7) is 0.284. The first-order chi connectivity index (χ1) is 8.97.